The fourth-order valence-electron chi connectivity index (χ4n) is 1.58. The van der Waals surface area contributed by atoms with Gasteiger partial charge < -0.3 is 0 Å². The predicted molar refractivity (Wildman–Crippen MR) is 64.7 cm³/mol. The minimum atomic E-state index is 0.790. The number of nitrogens with zero attached hydrogens (tertiary/aromatic N) is 2. The molecule has 82 valence electrons. The maximum atomic E-state index is 4.57. The Morgan fingerprint density at radius 2 is 1.93 bits per heavy atom. The van der Waals surface area contributed by atoms with Gasteiger partial charge in [-0.25, -0.2) is 9.97 Å². The average molecular weight is 204 g/mol. The predicted octanol–water partition coefficient (Wildman–Crippen LogP) is 3.41. The first-order valence-electron chi connectivity index (χ1n) is 5.69. The van der Waals surface area contributed by atoms with Crippen LogP contribution in [0.2, 0.25) is 0 Å². The lowest BCUT2D eigenvalue weighted by Gasteiger charge is -2.08. The zero-order valence-corrected chi connectivity index (χ0v) is 10.0. The van der Waals surface area contributed by atoms with Crippen molar-refractivity contribution >= 4 is 5.57 Å². The van der Waals surface area contributed by atoms with E-state index in [0.717, 1.165) is 37.1 Å². The molecule has 2 nitrogen and oxygen atoms in total. The summed E-state index contributed by atoms with van der Waals surface area (Å²) in [4.78, 5) is 8.90. The van der Waals surface area contributed by atoms with Gasteiger partial charge in [-0.2, -0.15) is 0 Å². The van der Waals surface area contributed by atoms with E-state index in [-0.39, 0.29) is 0 Å². The molecular weight excluding hydrogens is 184 g/mol. The SMILES string of the molecule is C=C(C)c1ncc(CCC)c(CCC)n1. The van der Waals surface area contributed by atoms with Gasteiger partial charge in [-0.05, 0) is 30.9 Å². The molecule has 1 rings (SSSR count). The lowest BCUT2D eigenvalue weighted by atomic mass is 10.1. The van der Waals surface area contributed by atoms with Gasteiger partial charge in [-0.3, -0.25) is 0 Å². The molecule has 0 aliphatic heterocycles. The highest BCUT2D eigenvalue weighted by Crippen LogP contribution is 2.13. The van der Waals surface area contributed by atoms with Crippen molar-refractivity contribution < 1.29 is 0 Å². The van der Waals surface area contributed by atoms with Gasteiger partial charge in [0.1, 0.15) is 0 Å². The first-order valence-corrected chi connectivity index (χ1v) is 5.69. The summed E-state index contributed by atoms with van der Waals surface area (Å²) in [5, 5.41) is 0. The van der Waals surface area contributed by atoms with Crippen molar-refractivity contribution in [3.05, 3.63) is 29.9 Å². The number of allylic oxidation sites excluding steroid dienone is 1. The average Bonchev–Trinajstić information content (AvgIpc) is 2.21. The molecule has 0 aliphatic carbocycles. The summed E-state index contributed by atoms with van der Waals surface area (Å²) in [6.45, 7) is 10.2. The summed E-state index contributed by atoms with van der Waals surface area (Å²) < 4.78 is 0. The van der Waals surface area contributed by atoms with Crippen LogP contribution in [0.3, 0.4) is 0 Å². The van der Waals surface area contributed by atoms with E-state index in [9.17, 15) is 0 Å². The third kappa shape index (κ3) is 3.15. The quantitative estimate of drug-likeness (QED) is 0.734. The second kappa shape index (κ2) is 5.64. The topological polar surface area (TPSA) is 25.8 Å². The third-order valence-electron chi connectivity index (χ3n) is 2.34. The van der Waals surface area contributed by atoms with Gasteiger partial charge in [0.15, 0.2) is 5.82 Å². The van der Waals surface area contributed by atoms with Crippen LogP contribution in [0, 0.1) is 0 Å². The summed E-state index contributed by atoms with van der Waals surface area (Å²) in [5.74, 6) is 0.790. The van der Waals surface area contributed by atoms with Gasteiger partial charge in [0, 0.05) is 11.9 Å². The summed E-state index contributed by atoms with van der Waals surface area (Å²) >= 11 is 0. The fraction of sp³-hybridized carbons (Fsp3) is 0.538. The molecule has 0 N–H and O–H groups in total. The molecule has 2 heteroatoms. The van der Waals surface area contributed by atoms with E-state index in [2.05, 4.69) is 30.4 Å². The molecule has 0 amide bonds. The Bertz CT molecular complexity index is 342. The molecule has 0 aromatic carbocycles. The van der Waals surface area contributed by atoms with Gasteiger partial charge in [0.05, 0.1) is 0 Å². The van der Waals surface area contributed by atoms with Crippen molar-refractivity contribution in [3.8, 4) is 0 Å². The molecule has 0 spiro atoms. The standard InChI is InChI=1S/C13H20N2/c1-5-7-11-9-14-13(10(3)4)15-12(11)8-6-2/h9H,3,5-8H2,1-2,4H3. The minimum absolute atomic E-state index is 0.790. The maximum Gasteiger partial charge on any atom is 0.154 e. The van der Waals surface area contributed by atoms with Crippen LogP contribution in [0.15, 0.2) is 12.8 Å². The van der Waals surface area contributed by atoms with Gasteiger partial charge >= 0.3 is 0 Å². The van der Waals surface area contributed by atoms with Crippen LogP contribution in [0.4, 0.5) is 0 Å². The van der Waals surface area contributed by atoms with E-state index in [4.69, 9.17) is 0 Å². The molecule has 0 saturated carbocycles. The first kappa shape index (κ1) is 11.9. The monoisotopic (exact) mass is 204 g/mol. The molecule has 0 fully saturated rings. The molecule has 1 heterocycles. The molecular formula is C13H20N2. The molecule has 15 heavy (non-hydrogen) atoms. The van der Waals surface area contributed by atoms with Crippen LogP contribution in [0.25, 0.3) is 5.57 Å². The van der Waals surface area contributed by atoms with E-state index in [0.29, 0.717) is 0 Å². The highest BCUT2D eigenvalue weighted by atomic mass is 14.9. The number of aryl methyl sites for hydroxylation is 2. The van der Waals surface area contributed by atoms with Crippen molar-refractivity contribution in [3.63, 3.8) is 0 Å². The number of hydrogen-bond acceptors (Lipinski definition) is 2. The summed E-state index contributed by atoms with van der Waals surface area (Å²) in [6, 6.07) is 0. The van der Waals surface area contributed by atoms with E-state index >= 15 is 0 Å². The van der Waals surface area contributed by atoms with Crippen LogP contribution in [-0.4, -0.2) is 9.97 Å². The maximum absolute atomic E-state index is 4.57. The van der Waals surface area contributed by atoms with E-state index in [1.807, 2.05) is 13.1 Å². The van der Waals surface area contributed by atoms with Crippen molar-refractivity contribution in [2.45, 2.75) is 46.5 Å². The number of hydrogen-bond donors (Lipinski definition) is 0. The van der Waals surface area contributed by atoms with Crippen molar-refractivity contribution in [2.75, 3.05) is 0 Å². The highest BCUT2D eigenvalue weighted by molar-refractivity contribution is 5.54. The summed E-state index contributed by atoms with van der Waals surface area (Å²) in [7, 11) is 0. The molecule has 0 saturated heterocycles. The van der Waals surface area contributed by atoms with Crippen molar-refractivity contribution in [1.29, 1.82) is 0 Å². The molecule has 0 atom stereocenters. The van der Waals surface area contributed by atoms with E-state index < -0.39 is 0 Å². The normalized spacial score (nSPS) is 10.3. The largest absolute Gasteiger partial charge is 0.237 e. The molecule has 0 bridgehead atoms. The second-order valence-corrected chi connectivity index (χ2v) is 3.95. The molecule has 0 unspecified atom stereocenters. The van der Waals surface area contributed by atoms with Crippen LogP contribution in [-0.2, 0) is 12.8 Å². The van der Waals surface area contributed by atoms with Gasteiger partial charge in [0.25, 0.3) is 0 Å². The Kier molecular flexibility index (Phi) is 4.47. The van der Waals surface area contributed by atoms with Crippen LogP contribution in [0.1, 0.15) is 50.7 Å². The zero-order chi connectivity index (χ0) is 11.3. The van der Waals surface area contributed by atoms with Gasteiger partial charge in [0.2, 0.25) is 0 Å². The Morgan fingerprint density at radius 3 is 2.47 bits per heavy atom. The minimum Gasteiger partial charge on any atom is -0.237 e. The molecule has 0 radical (unpaired) electrons. The molecule has 0 aliphatic rings. The Morgan fingerprint density at radius 1 is 1.27 bits per heavy atom. The smallest absolute Gasteiger partial charge is 0.154 e. The second-order valence-electron chi connectivity index (χ2n) is 3.95. The van der Waals surface area contributed by atoms with Crippen LogP contribution >= 0.6 is 0 Å². The summed E-state index contributed by atoms with van der Waals surface area (Å²) in [5.41, 5.74) is 3.44. The van der Waals surface area contributed by atoms with E-state index in [1.54, 1.807) is 0 Å². The number of rotatable bonds is 5. The molecule has 1 aromatic heterocycles. The lowest BCUT2D eigenvalue weighted by Crippen LogP contribution is -2.03. The number of aromatic nitrogens is 2. The lowest BCUT2D eigenvalue weighted by molar-refractivity contribution is 0.810. The van der Waals surface area contributed by atoms with E-state index in [1.165, 1.54) is 11.3 Å². The van der Waals surface area contributed by atoms with Gasteiger partial charge in [-0.15, -0.1) is 0 Å². The summed E-state index contributed by atoms with van der Waals surface area (Å²) in [6.07, 6.45) is 6.35. The van der Waals surface area contributed by atoms with Crippen LogP contribution in [0.5, 0.6) is 0 Å². The fourth-order valence-corrected chi connectivity index (χ4v) is 1.58. The molecule has 1 aromatic rings. The highest BCUT2D eigenvalue weighted by Gasteiger charge is 2.06. The van der Waals surface area contributed by atoms with Crippen LogP contribution < -0.4 is 0 Å². The zero-order valence-electron chi connectivity index (χ0n) is 10.0. The third-order valence-corrected chi connectivity index (χ3v) is 2.34. The first-order chi connectivity index (χ1) is 7.19. The van der Waals surface area contributed by atoms with Crippen molar-refractivity contribution in [2.24, 2.45) is 0 Å². The van der Waals surface area contributed by atoms with Gasteiger partial charge in [-0.1, -0.05) is 33.3 Å². The Balaban J connectivity index is 3.02. The van der Waals surface area contributed by atoms with Crippen molar-refractivity contribution in [1.82, 2.24) is 9.97 Å². The Labute approximate surface area is 92.5 Å². The Hall–Kier alpha value is -1.18.